The average Bonchev–Trinajstić information content (AvgIpc) is 2.33. The molecule has 0 atom stereocenters. The summed E-state index contributed by atoms with van der Waals surface area (Å²) in [5.74, 6) is 0. The van der Waals surface area contributed by atoms with E-state index in [1.807, 2.05) is 39.0 Å². The molecule has 4 heteroatoms. The van der Waals surface area contributed by atoms with E-state index in [4.69, 9.17) is 0 Å². The average molecular weight is 394 g/mol. The smallest absolute Gasteiger partial charge is 0.197 e. The molecule has 0 aliphatic rings. The number of aryl methyl sites for hydroxylation is 2. The van der Waals surface area contributed by atoms with Crippen LogP contribution in [0.4, 0.5) is 0 Å². The molecule has 2 nitrogen and oxygen atoms in total. The van der Waals surface area contributed by atoms with Gasteiger partial charge in [0, 0.05) is 43.7 Å². The van der Waals surface area contributed by atoms with Crippen LogP contribution in [0.5, 0.6) is 0 Å². The zero-order valence-corrected chi connectivity index (χ0v) is 15.8. The van der Waals surface area contributed by atoms with Crippen LogP contribution in [0.2, 0.25) is 0 Å². The SMILES string of the molecule is CCn1c(-c2ccc(Br)cc2C)[c-]cc(C)c1=O.[Y]. The van der Waals surface area contributed by atoms with Crippen LogP contribution in [-0.4, -0.2) is 4.57 Å². The fourth-order valence-electron chi connectivity index (χ4n) is 2.05. The zero-order chi connectivity index (χ0) is 13.3. The molecule has 0 unspecified atom stereocenters. The maximum atomic E-state index is 12.1. The Hall–Kier alpha value is -0.246. The number of aromatic nitrogens is 1. The number of halogens is 1. The van der Waals surface area contributed by atoms with Gasteiger partial charge < -0.3 is 4.57 Å². The molecule has 0 saturated carbocycles. The maximum absolute atomic E-state index is 12.1. The maximum Gasteiger partial charge on any atom is 0.197 e. The third kappa shape index (κ3) is 3.45. The second-order valence-electron chi connectivity index (χ2n) is 4.33. The van der Waals surface area contributed by atoms with Crippen molar-refractivity contribution in [3.05, 3.63) is 56.3 Å². The molecule has 97 valence electrons. The fraction of sp³-hybridized carbons (Fsp3) is 0.267. The Kier molecular flexibility index (Phi) is 6.16. The van der Waals surface area contributed by atoms with Crippen molar-refractivity contribution < 1.29 is 32.7 Å². The van der Waals surface area contributed by atoms with Crippen molar-refractivity contribution >= 4 is 15.9 Å². The van der Waals surface area contributed by atoms with Gasteiger partial charge in [-0.25, -0.2) is 0 Å². The molecular weight excluding hydrogens is 379 g/mol. The number of hydrogen-bond donors (Lipinski definition) is 0. The van der Waals surface area contributed by atoms with Crippen LogP contribution in [0, 0.1) is 19.9 Å². The molecule has 2 rings (SSSR count). The van der Waals surface area contributed by atoms with Gasteiger partial charge in [-0.05, 0) is 6.92 Å². The Labute approximate surface area is 147 Å². The van der Waals surface area contributed by atoms with Crippen molar-refractivity contribution in [3.8, 4) is 11.3 Å². The predicted octanol–water partition coefficient (Wildman–Crippen LogP) is 3.71. The van der Waals surface area contributed by atoms with Crippen LogP contribution < -0.4 is 5.56 Å². The van der Waals surface area contributed by atoms with Gasteiger partial charge in [-0.1, -0.05) is 64.3 Å². The monoisotopic (exact) mass is 393 g/mol. The topological polar surface area (TPSA) is 22.0 Å². The molecule has 0 aliphatic heterocycles. The zero-order valence-electron chi connectivity index (χ0n) is 11.3. The first-order valence-corrected chi connectivity index (χ1v) is 6.72. The molecule has 1 radical (unpaired) electrons. The fourth-order valence-corrected chi connectivity index (χ4v) is 2.52. The molecule has 1 heterocycles. The Morgan fingerprint density at radius 3 is 2.53 bits per heavy atom. The summed E-state index contributed by atoms with van der Waals surface area (Å²) in [5.41, 5.74) is 3.84. The van der Waals surface area contributed by atoms with Crippen molar-refractivity contribution in [2.75, 3.05) is 0 Å². The first kappa shape index (κ1) is 16.8. The third-order valence-electron chi connectivity index (χ3n) is 3.04. The molecule has 0 saturated heterocycles. The van der Waals surface area contributed by atoms with E-state index in [0.717, 1.165) is 26.9 Å². The number of nitrogens with zero attached hydrogens (tertiary/aromatic N) is 1. The summed E-state index contributed by atoms with van der Waals surface area (Å²) in [7, 11) is 0. The quantitative estimate of drug-likeness (QED) is 0.713. The number of rotatable bonds is 2. The normalized spacial score (nSPS) is 10.1. The van der Waals surface area contributed by atoms with E-state index < -0.39 is 0 Å². The number of benzene rings is 1. The van der Waals surface area contributed by atoms with Gasteiger partial charge in [-0.3, -0.25) is 4.79 Å². The van der Waals surface area contributed by atoms with Crippen molar-refractivity contribution in [2.45, 2.75) is 27.3 Å². The minimum absolute atomic E-state index is 0. The first-order chi connectivity index (χ1) is 8.54. The summed E-state index contributed by atoms with van der Waals surface area (Å²) >= 11 is 3.45. The molecule has 0 bridgehead atoms. The van der Waals surface area contributed by atoms with Gasteiger partial charge in [-0.15, -0.1) is 6.07 Å². The minimum atomic E-state index is 0. The van der Waals surface area contributed by atoms with Gasteiger partial charge in [0.1, 0.15) is 0 Å². The molecule has 0 fully saturated rings. The van der Waals surface area contributed by atoms with Gasteiger partial charge in [0.05, 0.1) is 0 Å². The molecule has 1 aromatic heterocycles. The van der Waals surface area contributed by atoms with Gasteiger partial charge >= 0.3 is 0 Å². The standard InChI is InChI=1S/C15H15BrNO.Y/c1-4-17-14(8-5-10(2)15(17)18)13-7-6-12(16)9-11(13)3;/h5-7,9H,4H2,1-3H3;/q-1;. The molecule has 2 aromatic rings. The number of pyridine rings is 1. The van der Waals surface area contributed by atoms with Crippen molar-refractivity contribution in [3.63, 3.8) is 0 Å². The summed E-state index contributed by atoms with van der Waals surface area (Å²) < 4.78 is 2.81. The predicted molar refractivity (Wildman–Crippen MR) is 77.8 cm³/mol. The molecule has 0 amide bonds. The van der Waals surface area contributed by atoms with Gasteiger partial charge in [0.25, 0.3) is 0 Å². The van der Waals surface area contributed by atoms with E-state index >= 15 is 0 Å². The van der Waals surface area contributed by atoms with E-state index in [9.17, 15) is 4.79 Å². The molecule has 1 aromatic carbocycles. The van der Waals surface area contributed by atoms with Crippen LogP contribution in [0.25, 0.3) is 11.3 Å². The molecule has 0 aliphatic carbocycles. The molecule has 0 spiro atoms. The van der Waals surface area contributed by atoms with Crippen LogP contribution in [0.15, 0.2) is 33.5 Å². The molecule has 0 N–H and O–H groups in total. The van der Waals surface area contributed by atoms with E-state index in [1.54, 1.807) is 10.6 Å². The van der Waals surface area contributed by atoms with Crippen molar-refractivity contribution in [1.29, 1.82) is 0 Å². The van der Waals surface area contributed by atoms with Crippen LogP contribution in [0.1, 0.15) is 18.1 Å². The van der Waals surface area contributed by atoms with Crippen LogP contribution in [0.3, 0.4) is 0 Å². The van der Waals surface area contributed by atoms with E-state index in [2.05, 4.69) is 22.0 Å². The summed E-state index contributed by atoms with van der Waals surface area (Å²) in [6, 6.07) is 11.0. The van der Waals surface area contributed by atoms with Crippen LogP contribution >= 0.6 is 15.9 Å². The number of hydrogen-bond acceptors (Lipinski definition) is 1. The van der Waals surface area contributed by atoms with E-state index in [0.29, 0.717) is 6.54 Å². The molecule has 19 heavy (non-hydrogen) atoms. The Morgan fingerprint density at radius 1 is 1.26 bits per heavy atom. The molecular formula is C15H15BrNOY-. The Morgan fingerprint density at radius 2 is 1.95 bits per heavy atom. The van der Waals surface area contributed by atoms with Crippen LogP contribution in [-0.2, 0) is 39.3 Å². The Balaban J connectivity index is 0.00000180. The minimum Gasteiger partial charge on any atom is -0.342 e. The first-order valence-electron chi connectivity index (χ1n) is 5.93. The van der Waals surface area contributed by atoms with Gasteiger partial charge in [-0.2, -0.15) is 12.1 Å². The van der Waals surface area contributed by atoms with Crippen molar-refractivity contribution in [2.24, 2.45) is 0 Å². The van der Waals surface area contributed by atoms with E-state index in [-0.39, 0.29) is 38.3 Å². The van der Waals surface area contributed by atoms with Crippen molar-refractivity contribution in [1.82, 2.24) is 4.57 Å². The van der Waals surface area contributed by atoms with Gasteiger partial charge in [0.15, 0.2) is 5.56 Å². The second kappa shape index (κ2) is 6.96. The van der Waals surface area contributed by atoms with E-state index in [1.165, 1.54) is 0 Å². The van der Waals surface area contributed by atoms with Gasteiger partial charge in [0.2, 0.25) is 0 Å². The summed E-state index contributed by atoms with van der Waals surface area (Å²) in [4.78, 5) is 12.1. The summed E-state index contributed by atoms with van der Waals surface area (Å²) in [6.45, 7) is 6.50. The third-order valence-corrected chi connectivity index (χ3v) is 3.53. The largest absolute Gasteiger partial charge is 0.342 e. The summed E-state index contributed by atoms with van der Waals surface area (Å²) in [6.07, 6.45) is 0. The Bertz CT molecular complexity index is 649. The second-order valence-corrected chi connectivity index (χ2v) is 5.24. The summed E-state index contributed by atoms with van der Waals surface area (Å²) in [5, 5.41) is 0.